The molecule has 2 aromatic rings. The molecule has 1 aliphatic heterocycles. The minimum atomic E-state index is -0.496. The van der Waals surface area contributed by atoms with Crippen LogP contribution >= 0.6 is 0 Å². The van der Waals surface area contributed by atoms with Gasteiger partial charge < -0.3 is 19.9 Å². The summed E-state index contributed by atoms with van der Waals surface area (Å²) in [4.78, 5) is 13.5. The van der Waals surface area contributed by atoms with Gasteiger partial charge in [0.2, 0.25) is 0 Å². The zero-order chi connectivity index (χ0) is 15.7. The zero-order valence-corrected chi connectivity index (χ0v) is 11.8. The molecule has 22 heavy (non-hydrogen) atoms. The van der Waals surface area contributed by atoms with Crippen LogP contribution in [0.15, 0.2) is 61.3 Å². The molecule has 110 valence electrons. The highest BCUT2D eigenvalue weighted by atomic mass is 16.3. The van der Waals surface area contributed by atoms with Crippen LogP contribution in [-0.4, -0.2) is 16.5 Å². The van der Waals surface area contributed by atoms with Crippen molar-refractivity contribution in [2.45, 2.75) is 6.04 Å². The van der Waals surface area contributed by atoms with Crippen LogP contribution < -0.4 is 4.90 Å². The second-order valence-electron chi connectivity index (χ2n) is 5.06. The fourth-order valence-electron chi connectivity index (χ4n) is 2.66. The van der Waals surface area contributed by atoms with Gasteiger partial charge in [0.25, 0.3) is 0 Å². The Labute approximate surface area is 128 Å². The molecule has 0 aliphatic carbocycles. The molecule has 0 fully saturated rings. The molecular weight excluding hydrogens is 278 g/mol. The van der Waals surface area contributed by atoms with E-state index in [9.17, 15) is 15.0 Å². The van der Waals surface area contributed by atoms with Gasteiger partial charge in [-0.15, -0.1) is 0 Å². The third kappa shape index (κ3) is 2.24. The summed E-state index contributed by atoms with van der Waals surface area (Å²) in [7, 11) is 0. The molecule has 0 saturated carbocycles. The van der Waals surface area contributed by atoms with Crippen molar-refractivity contribution in [2.24, 2.45) is 0 Å². The molecule has 1 atom stereocenters. The van der Waals surface area contributed by atoms with Gasteiger partial charge in [-0.3, -0.25) is 0 Å². The van der Waals surface area contributed by atoms with E-state index in [1.165, 1.54) is 0 Å². The summed E-state index contributed by atoms with van der Waals surface area (Å²) >= 11 is 0. The monoisotopic (exact) mass is 293 g/mol. The maximum Gasteiger partial charge on any atom is 0.147 e. The fraction of sp³-hybridized carbons (Fsp3) is 0.0556. The number of benzene rings is 2. The van der Waals surface area contributed by atoms with Crippen LogP contribution in [0, 0.1) is 0 Å². The van der Waals surface area contributed by atoms with Crippen molar-refractivity contribution in [2.75, 3.05) is 4.90 Å². The lowest BCUT2D eigenvalue weighted by Crippen LogP contribution is -2.28. The van der Waals surface area contributed by atoms with E-state index in [1.807, 2.05) is 11.1 Å². The van der Waals surface area contributed by atoms with Crippen molar-refractivity contribution in [1.82, 2.24) is 0 Å². The molecule has 3 rings (SSSR count). The van der Waals surface area contributed by atoms with Crippen molar-refractivity contribution < 1.29 is 15.0 Å². The lowest BCUT2D eigenvalue weighted by molar-refractivity contribution is -0.109. The van der Waals surface area contributed by atoms with Gasteiger partial charge in [0.05, 0.1) is 0 Å². The largest absolute Gasteiger partial charge is 0.508 e. The Hall–Kier alpha value is -3.01. The van der Waals surface area contributed by atoms with Crippen LogP contribution in [0.4, 0.5) is 5.69 Å². The standard InChI is InChI=1S/C18H15NO3/c1-2-12-10-19(13-3-5-14(21)6-4-13)18(11-20)16-8-7-15(22)9-17(12)16/h2-11,18,21-22H,1H2. The van der Waals surface area contributed by atoms with Gasteiger partial charge in [0, 0.05) is 11.9 Å². The number of phenols is 2. The molecule has 2 N–H and O–H groups in total. The molecule has 2 aromatic carbocycles. The van der Waals surface area contributed by atoms with Gasteiger partial charge in [0.15, 0.2) is 0 Å². The smallest absolute Gasteiger partial charge is 0.147 e. The Morgan fingerprint density at radius 3 is 2.36 bits per heavy atom. The lowest BCUT2D eigenvalue weighted by Gasteiger charge is -2.33. The molecule has 0 amide bonds. The predicted molar refractivity (Wildman–Crippen MR) is 85.7 cm³/mol. The Kier molecular flexibility index (Phi) is 3.43. The van der Waals surface area contributed by atoms with E-state index >= 15 is 0 Å². The SMILES string of the molecule is C=CC1=CN(c2ccc(O)cc2)C(C=O)c2ccc(O)cc21. The van der Waals surface area contributed by atoms with Gasteiger partial charge in [-0.1, -0.05) is 18.7 Å². The maximum absolute atomic E-state index is 11.6. The van der Waals surface area contributed by atoms with E-state index in [4.69, 9.17) is 0 Å². The highest BCUT2D eigenvalue weighted by molar-refractivity contribution is 5.86. The Morgan fingerprint density at radius 1 is 1.05 bits per heavy atom. The third-order valence-corrected chi connectivity index (χ3v) is 3.74. The first-order valence-electron chi connectivity index (χ1n) is 6.84. The average Bonchev–Trinajstić information content (AvgIpc) is 2.54. The van der Waals surface area contributed by atoms with E-state index in [-0.39, 0.29) is 11.5 Å². The van der Waals surface area contributed by atoms with E-state index in [1.54, 1.807) is 48.5 Å². The molecule has 4 nitrogen and oxygen atoms in total. The molecule has 0 aromatic heterocycles. The highest BCUT2D eigenvalue weighted by Gasteiger charge is 2.27. The topological polar surface area (TPSA) is 60.8 Å². The molecule has 1 unspecified atom stereocenters. The number of fused-ring (bicyclic) bond motifs is 1. The second-order valence-corrected chi connectivity index (χ2v) is 5.06. The molecule has 0 saturated heterocycles. The van der Waals surface area contributed by atoms with Crippen molar-refractivity contribution in [3.63, 3.8) is 0 Å². The average molecular weight is 293 g/mol. The van der Waals surface area contributed by atoms with Crippen LogP contribution in [0.25, 0.3) is 5.57 Å². The number of hydrogen-bond donors (Lipinski definition) is 2. The maximum atomic E-state index is 11.6. The lowest BCUT2D eigenvalue weighted by atomic mass is 9.91. The van der Waals surface area contributed by atoms with Crippen LogP contribution in [0.2, 0.25) is 0 Å². The summed E-state index contributed by atoms with van der Waals surface area (Å²) < 4.78 is 0. The first-order valence-corrected chi connectivity index (χ1v) is 6.84. The number of aromatic hydroxyl groups is 2. The Morgan fingerprint density at radius 2 is 1.73 bits per heavy atom. The highest BCUT2D eigenvalue weighted by Crippen LogP contribution is 2.39. The number of anilines is 1. The first kappa shape index (κ1) is 13.9. The van der Waals surface area contributed by atoms with Crippen LogP contribution in [0.1, 0.15) is 17.2 Å². The van der Waals surface area contributed by atoms with Gasteiger partial charge in [-0.2, -0.15) is 0 Å². The number of hydrogen-bond acceptors (Lipinski definition) is 4. The number of phenolic OH excluding ortho intramolecular Hbond substituents is 2. The summed E-state index contributed by atoms with van der Waals surface area (Å²) in [6.45, 7) is 3.80. The number of nitrogens with zero attached hydrogens (tertiary/aromatic N) is 1. The predicted octanol–water partition coefficient (Wildman–Crippen LogP) is 3.38. The fourth-order valence-corrected chi connectivity index (χ4v) is 2.66. The normalized spacial score (nSPS) is 16.6. The van der Waals surface area contributed by atoms with Gasteiger partial charge in [-0.05, 0) is 53.1 Å². The molecule has 0 bridgehead atoms. The Balaban J connectivity index is 2.16. The molecule has 0 spiro atoms. The summed E-state index contributed by atoms with van der Waals surface area (Å²) in [5.74, 6) is 0.316. The van der Waals surface area contributed by atoms with E-state index in [2.05, 4.69) is 6.58 Å². The minimum Gasteiger partial charge on any atom is -0.508 e. The number of allylic oxidation sites excluding steroid dienone is 2. The van der Waals surface area contributed by atoms with E-state index in [0.29, 0.717) is 0 Å². The van der Waals surface area contributed by atoms with Crippen molar-refractivity contribution >= 4 is 17.5 Å². The zero-order valence-electron chi connectivity index (χ0n) is 11.8. The number of carbonyl (C=O) groups excluding carboxylic acids is 1. The van der Waals surface area contributed by atoms with Gasteiger partial charge >= 0.3 is 0 Å². The number of aldehydes is 1. The van der Waals surface area contributed by atoms with E-state index < -0.39 is 6.04 Å². The van der Waals surface area contributed by atoms with Crippen molar-refractivity contribution in [1.29, 1.82) is 0 Å². The minimum absolute atomic E-state index is 0.147. The van der Waals surface area contributed by atoms with Gasteiger partial charge in [-0.25, -0.2) is 0 Å². The number of carbonyl (C=O) groups is 1. The summed E-state index contributed by atoms with van der Waals surface area (Å²) in [5.41, 5.74) is 3.20. The molecule has 0 radical (unpaired) electrons. The molecular formula is C18H15NO3. The Bertz CT molecular complexity index is 762. The molecule has 1 aliphatic rings. The second kappa shape index (κ2) is 5.41. The van der Waals surface area contributed by atoms with Crippen LogP contribution in [0.5, 0.6) is 11.5 Å². The molecule has 1 heterocycles. The van der Waals surface area contributed by atoms with Gasteiger partial charge in [0.1, 0.15) is 23.8 Å². The van der Waals surface area contributed by atoms with Crippen LogP contribution in [-0.2, 0) is 4.79 Å². The summed E-state index contributed by atoms with van der Waals surface area (Å²) in [6.07, 6.45) is 4.37. The summed E-state index contributed by atoms with van der Waals surface area (Å²) in [6, 6.07) is 11.1. The summed E-state index contributed by atoms with van der Waals surface area (Å²) in [5, 5.41) is 19.1. The first-order chi connectivity index (χ1) is 10.6. The molecule has 4 heteroatoms. The van der Waals surface area contributed by atoms with E-state index in [0.717, 1.165) is 28.7 Å². The third-order valence-electron chi connectivity index (χ3n) is 3.74. The van der Waals surface area contributed by atoms with Crippen LogP contribution in [0.3, 0.4) is 0 Å². The van der Waals surface area contributed by atoms with Crippen molar-refractivity contribution in [3.05, 3.63) is 72.4 Å². The number of rotatable bonds is 3. The quantitative estimate of drug-likeness (QED) is 0.852. The van der Waals surface area contributed by atoms with Crippen molar-refractivity contribution in [3.8, 4) is 11.5 Å².